The number of methoxy groups -OCH3 is 1. The van der Waals surface area contributed by atoms with Crippen LogP contribution in [0, 0.1) is 0 Å². The molecule has 2 aromatic carbocycles. The molecule has 3 rings (SSSR count). The van der Waals surface area contributed by atoms with Gasteiger partial charge in [-0.1, -0.05) is 36.7 Å². The molecule has 0 spiro atoms. The quantitative estimate of drug-likeness (QED) is 0.586. The molecule has 0 saturated carbocycles. The highest BCUT2D eigenvalue weighted by molar-refractivity contribution is 6.33. The van der Waals surface area contributed by atoms with Gasteiger partial charge in [0.15, 0.2) is 0 Å². The molecule has 0 saturated heterocycles. The third kappa shape index (κ3) is 4.54. The number of aromatic nitrogens is 2. The second-order valence-electron chi connectivity index (χ2n) is 5.71. The number of hydrogen-bond acceptors (Lipinski definition) is 6. The topological polar surface area (TPSA) is 76.1 Å². The molecule has 27 heavy (non-hydrogen) atoms. The Hall–Kier alpha value is -3.12. The fraction of sp³-hybridized carbons (Fsp3) is 0.150. The van der Waals surface area contributed by atoms with Crippen molar-refractivity contribution in [3.8, 4) is 0 Å². The standard InChI is InChI=1S/C20H19ClN4O2/c1-3-13-6-4-5-7-16(13)24-20-22-11-10-18(25-20)23-17-12-14(19(26)27-2)8-9-15(17)21/h4-12H,3H2,1-2H3,(H2,22,23,24,25). The van der Waals surface area contributed by atoms with Gasteiger partial charge in [-0.2, -0.15) is 4.98 Å². The third-order valence-electron chi connectivity index (χ3n) is 3.95. The molecule has 3 aromatic rings. The predicted octanol–water partition coefficient (Wildman–Crippen LogP) is 4.97. The van der Waals surface area contributed by atoms with E-state index < -0.39 is 5.97 Å². The lowest BCUT2D eigenvalue weighted by Crippen LogP contribution is -2.04. The molecule has 0 bridgehead atoms. The molecule has 0 fully saturated rings. The van der Waals surface area contributed by atoms with Gasteiger partial charge >= 0.3 is 5.97 Å². The number of nitrogens with zero attached hydrogens (tertiary/aromatic N) is 2. The van der Waals surface area contributed by atoms with Crippen LogP contribution in [0.5, 0.6) is 0 Å². The van der Waals surface area contributed by atoms with Gasteiger partial charge in [-0.25, -0.2) is 9.78 Å². The summed E-state index contributed by atoms with van der Waals surface area (Å²) in [5, 5.41) is 6.81. The molecule has 0 aliphatic rings. The first-order valence-electron chi connectivity index (χ1n) is 8.43. The van der Waals surface area contributed by atoms with Crippen LogP contribution in [0.1, 0.15) is 22.8 Å². The minimum absolute atomic E-state index is 0.397. The Balaban J connectivity index is 1.83. The van der Waals surface area contributed by atoms with Crippen LogP contribution >= 0.6 is 11.6 Å². The molecular weight excluding hydrogens is 364 g/mol. The van der Waals surface area contributed by atoms with Gasteiger partial charge in [0.1, 0.15) is 5.82 Å². The Labute approximate surface area is 162 Å². The van der Waals surface area contributed by atoms with Crippen molar-refractivity contribution in [1.82, 2.24) is 9.97 Å². The molecular formula is C20H19ClN4O2. The van der Waals surface area contributed by atoms with Crippen molar-refractivity contribution in [2.24, 2.45) is 0 Å². The van der Waals surface area contributed by atoms with Crippen LogP contribution in [0.4, 0.5) is 23.1 Å². The lowest BCUT2D eigenvalue weighted by molar-refractivity contribution is 0.0601. The molecule has 7 heteroatoms. The number of esters is 1. The summed E-state index contributed by atoms with van der Waals surface area (Å²) in [5.41, 5.74) is 3.09. The third-order valence-corrected chi connectivity index (χ3v) is 4.28. The van der Waals surface area contributed by atoms with Crippen molar-refractivity contribution in [1.29, 1.82) is 0 Å². The Kier molecular flexibility index (Phi) is 5.88. The monoisotopic (exact) mass is 382 g/mol. The number of para-hydroxylation sites is 1. The Morgan fingerprint density at radius 2 is 1.93 bits per heavy atom. The highest BCUT2D eigenvalue weighted by atomic mass is 35.5. The SMILES string of the molecule is CCc1ccccc1Nc1nccc(Nc2cc(C(=O)OC)ccc2Cl)n1. The van der Waals surface area contributed by atoms with Gasteiger partial charge in [0, 0.05) is 11.9 Å². The Bertz CT molecular complexity index is 962. The number of rotatable bonds is 6. The van der Waals surface area contributed by atoms with Crippen LogP contribution < -0.4 is 10.6 Å². The first-order chi connectivity index (χ1) is 13.1. The van der Waals surface area contributed by atoms with Gasteiger partial charge in [-0.15, -0.1) is 0 Å². The van der Waals surface area contributed by atoms with Crippen molar-refractivity contribution >= 4 is 40.7 Å². The van der Waals surface area contributed by atoms with E-state index in [0.29, 0.717) is 28.0 Å². The van der Waals surface area contributed by atoms with E-state index in [9.17, 15) is 4.79 Å². The number of hydrogen-bond donors (Lipinski definition) is 2. The summed E-state index contributed by atoms with van der Waals surface area (Å²) in [4.78, 5) is 20.4. The van der Waals surface area contributed by atoms with E-state index in [2.05, 4.69) is 33.6 Å². The van der Waals surface area contributed by atoms with E-state index >= 15 is 0 Å². The maximum atomic E-state index is 11.7. The highest BCUT2D eigenvalue weighted by Crippen LogP contribution is 2.27. The molecule has 0 amide bonds. The average molecular weight is 383 g/mol. The zero-order chi connectivity index (χ0) is 19.2. The number of anilines is 4. The smallest absolute Gasteiger partial charge is 0.337 e. The van der Waals surface area contributed by atoms with Gasteiger partial charge < -0.3 is 15.4 Å². The number of carbonyl (C=O) groups is 1. The number of nitrogens with one attached hydrogen (secondary N) is 2. The molecule has 0 atom stereocenters. The number of halogens is 1. The molecule has 0 aliphatic heterocycles. The lowest BCUT2D eigenvalue weighted by Gasteiger charge is -2.12. The van der Waals surface area contributed by atoms with Crippen LogP contribution in [0.3, 0.4) is 0 Å². The molecule has 0 unspecified atom stereocenters. The van der Waals surface area contributed by atoms with Gasteiger partial charge in [0.2, 0.25) is 5.95 Å². The summed E-state index contributed by atoms with van der Waals surface area (Å²) in [6.07, 6.45) is 2.54. The molecule has 1 heterocycles. The van der Waals surface area contributed by atoms with Crippen molar-refractivity contribution in [3.05, 3.63) is 70.9 Å². The molecule has 138 valence electrons. The van der Waals surface area contributed by atoms with Crippen molar-refractivity contribution in [2.45, 2.75) is 13.3 Å². The van der Waals surface area contributed by atoms with Crippen molar-refractivity contribution in [2.75, 3.05) is 17.7 Å². The minimum atomic E-state index is -0.434. The number of ether oxygens (including phenoxy) is 1. The van der Waals surface area contributed by atoms with E-state index in [1.807, 2.05) is 18.2 Å². The number of carbonyl (C=O) groups excluding carboxylic acids is 1. The van der Waals surface area contributed by atoms with Crippen LogP contribution in [0.2, 0.25) is 5.02 Å². The maximum absolute atomic E-state index is 11.7. The Morgan fingerprint density at radius 1 is 1.11 bits per heavy atom. The molecule has 2 N–H and O–H groups in total. The zero-order valence-electron chi connectivity index (χ0n) is 15.0. The van der Waals surface area contributed by atoms with Crippen LogP contribution in [0.25, 0.3) is 0 Å². The van der Waals surface area contributed by atoms with Gasteiger partial charge in [0.05, 0.1) is 23.4 Å². The summed E-state index contributed by atoms with van der Waals surface area (Å²) in [6.45, 7) is 2.09. The molecule has 6 nitrogen and oxygen atoms in total. The summed E-state index contributed by atoms with van der Waals surface area (Å²) >= 11 is 6.23. The first kappa shape index (κ1) is 18.7. The summed E-state index contributed by atoms with van der Waals surface area (Å²) < 4.78 is 4.74. The summed E-state index contributed by atoms with van der Waals surface area (Å²) in [5.74, 6) is 0.572. The van der Waals surface area contributed by atoms with E-state index in [1.165, 1.54) is 12.7 Å². The van der Waals surface area contributed by atoms with Crippen LogP contribution in [0.15, 0.2) is 54.7 Å². The molecule has 0 radical (unpaired) electrons. The molecule has 1 aromatic heterocycles. The zero-order valence-corrected chi connectivity index (χ0v) is 15.7. The first-order valence-corrected chi connectivity index (χ1v) is 8.81. The Morgan fingerprint density at radius 3 is 2.70 bits per heavy atom. The van der Waals surface area contributed by atoms with Crippen LogP contribution in [-0.4, -0.2) is 23.0 Å². The largest absolute Gasteiger partial charge is 0.465 e. The number of benzene rings is 2. The van der Waals surface area contributed by atoms with Crippen molar-refractivity contribution < 1.29 is 9.53 Å². The summed E-state index contributed by atoms with van der Waals surface area (Å²) in [6, 6.07) is 14.6. The normalized spacial score (nSPS) is 10.3. The second-order valence-corrected chi connectivity index (χ2v) is 6.12. The maximum Gasteiger partial charge on any atom is 0.337 e. The minimum Gasteiger partial charge on any atom is -0.465 e. The van der Waals surface area contributed by atoms with Gasteiger partial charge in [-0.3, -0.25) is 0 Å². The lowest BCUT2D eigenvalue weighted by atomic mass is 10.1. The van der Waals surface area contributed by atoms with E-state index in [4.69, 9.17) is 16.3 Å². The molecule has 0 aliphatic carbocycles. The fourth-order valence-electron chi connectivity index (χ4n) is 2.56. The average Bonchev–Trinajstić information content (AvgIpc) is 2.70. The highest BCUT2D eigenvalue weighted by Gasteiger charge is 2.10. The van der Waals surface area contributed by atoms with Crippen LogP contribution in [-0.2, 0) is 11.2 Å². The summed E-state index contributed by atoms with van der Waals surface area (Å²) in [7, 11) is 1.33. The fourth-order valence-corrected chi connectivity index (χ4v) is 2.73. The van der Waals surface area contributed by atoms with Gasteiger partial charge in [0.25, 0.3) is 0 Å². The predicted molar refractivity (Wildman–Crippen MR) is 107 cm³/mol. The van der Waals surface area contributed by atoms with E-state index in [1.54, 1.807) is 30.5 Å². The van der Waals surface area contributed by atoms with E-state index in [0.717, 1.165) is 12.1 Å². The number of aryl methyl sites for hydroxylation is 1. The second kappa shape index (κ2) is 8.51. The van der Waals surface area contributed by atoms with Gasteiger partial charge in [-0.05, 0) is 42.3 Å². The van der Waals surface area contributed by atoms with Crippen molar-refractivity contribution in [3.63, 3.8) is 0 Å². The van der Waals surface area contributed by atoms with E-state index in [-0.39, 0.29) is 0 Å².